The molecule has 6 nitrogen and oxygen atoms in total. The third-order valence-corrected chi connectivity index (χ3v) is 4.44. The molecule has 28 heavy (non-hydrogen) atoms. The molecule has 154 valence electrons. The van der Waals surface area contributed by atoms with E-state index in [9.17, 15) is 27.2 Å². The van der Waals surface area contributed by atoms with Crippen molar-refractivity contribution >= 4 is 11.8 Å². The first-order valence-electron chi connectivity index (χ1n) is 8.77. The first-order valence-corrected chi connectivity index (χ1v) is 8.77. The normalized spacial score (nSPS) is 22.3. The lowest BCUT2D eigenvalue weighted by Gasteiger charge is -2.24. The highest BCUT2D eigenvalue weighted by atomic mass is 19.3. The molecule has 2 fully saturated rings. The van der Waals surface area contributed by atoms with Crippen molar-refractivity contribution in [2.24, 2.45) is 0 Å². The monoisotopic (exact) mass is 404 g/mol. The molecule has 2 aliphatic rings. The average Bonchev–Trinajstić information content (AvgIpc) is 2.94. The molecule has 0 atom stereocenters. The minimum atomic E-state index is -3.14. The summed E-state index contributed by atoms with van der Waals surface area (Å²) in [5.41, 5.74) is 0.248. The molecule has 1 aromatic carbocycles. The Balaban J connectivity index is 1.70. The van der Waals surface area contributed by atoms with E-state index in [-0.39, 0.29) is 37.4 Å². The second-order valence-corrected chi connectivity index (χ2v) is 6.85. The Bertz CT molecular complexity index is 666. The summed E-state index contributed by atoms with van der Waals surface area (Å²) in [5.74, 6) is -7.50. The molecular formula is C18H20F4N2O4. The van der Waals surface area contributed by atoms with Crippen LogP contribution in [0, 0.1) is 0 Å². The van der Waals surface area contributed by atoms with Crippen LogP contribution in [0.3, 0.4) is 0 Å². The summed E-state index contributed by atoms with van der Waals surface area (Å²) >= 11 is 0. The van der Waals surface area contributed by atoms with Gasteiger partial charge in [0.25, 0.3) is 23.7 Å². The zero-order valence-electron chi connectivity index (χ0n) is 15.0. The van der Waals surface area contributed by atoms with Crippen molar-refractivity contribution in [3.8, 4) is 0 Å². The predicted molar refractivity (Wildman–Crippen MR) is 89.8 cm³/mol. The summed E-state index contributed by atoms with van der Waals surface area (Å²) in [6.07, 6.45) is 0. The largest absolute Gasteiger partial charge is 0.373 e. The molecule has 0 unspecified atom stereocenters. The summed E-state index contributed by atoms with van der Waals surface area (Å²) in [6, 6.07) is 5.30. The van der Waals surface area contributed by atoms with Crippen molar-refractivity contribution in [1.29, 1.82) is 0 Å². The summed E-state index contributed by atoms with van der Waals surface area (Å²) in [5, 5.41) is 0. The van der Waals surface area contributed by atoms with Crippen LogP contribution in [-0.4, -0.2) is 86.1 Å². The first kappa shape index (κ1) is 20.5. The minimum Gasteiger partial charge on any atom is -0.373 e. The number of carbonyl (C=O) groups excluding carboxylic acids is 2. The quantitative estimate of drug-likeness (QED) is 0.707. The zero-order chi connectivity index (χ0) is 20.4. The van der Waals surface area contributed by atoms with Gasteiger partial charge in [-0.1, -0.05) is 0 Å². The number of nitrogens with zero attached hydrogens (tertiary/aromatic N) is 2. The highest BCUT2D eigenvalue weighted by molar-refractivity contribution is 5.98. The van der Waals surface area contributed by atoms with E-state index in [2.05, 4.69) is 0 Å². The Hall–Kier alpha value is -2.20. The van der Waals surface area contributed by atoms with Gasteiger partial charge >= 0.3 is 0 Å². The van der Waals surface area contributed by atoms with Crippen LogP contribution in [0.5, 0.6) is 0 Å². The summed E-state index contributed by atoms with van der Waals surface area (Å²) in [7, 11) is 0. The second kappa shape index (κ2) is 8.04. The topological polar surface area (TPSA) is 59.1 Å². The van der Waals surface area contributed by atoms with E-state index < -0.39 is 50.0 Å². The van der Waals surface area contributed by atoms with Gasteiger partial charge in [-0.3, -0.25) is 9.59 Å². The van der Waals surface area contributed by atoms with Crippen LogP contribution >= 0.6 is 0 Å². The van der Waals surface area contributed by atoms with Gasteiger partial charge < -0.3 is 19.3 Å². The number of hydrogen-bond donors (Lipinski definition) is 0. The molecule has 0 radical (unpaired) electrons. The number of amides is 2. The van der Waals surface area contributed by atoms with Gasteiger partial charge in [-0.15, -0.1) is 0 Å². The minimum absolute atomic E-state index is 0.00312. The van der Waals surface area contributed by atoms with Gasteiger partial charge in [0.05, 0.1) is 26.3 Å². The Labute approximate surface area is 159 Å². The lowest BCUT2D eigenvalue weighted by Crippen LogP contribution is -2.41. The molecule has 2 aliphatic heterocycles. The molecule has 0 bridgehead atoms. The van der Waals surface area contributed by atoms with E-state index in [1.807, 2.05) is 0 Å². The van der Waals surface area contributed by atoms with Crippen molar-refractivity contribution in [3.63, 3.8) is 0 Å². The number of rotatable bonds is 2. The summed E-state index contributed by atoms with van der Waals surface area (Å²) in [4.78, 5) is 27.0. The number of hydrogen-bond acceptors (Lipinski definition) is 4. The number of benzene rings is 1. The van der Waals surface area contributed by atoms with Crippen LogP contribution in [0.15, 0.2) is 24.3 Å². The van der Waals surface area contributed by atoms with E-state index >= 15 is 0 Å². The average molecular weight is 404 g/mol. The molecule has 2 saturated heterocycles. The predicted octanol–water partition coefficient (Wildman–Crippen LogP) is 1.90. The van der Waals surface area contributed by atoms with Crippen molar-refractivity contribution in [2.45, 2.75) is 11.8 Å². The SMILES string of the molecule is O=C(c1ccc(C(=O)N2CCOCC(F)(F)C2)cc1)N1CCOCC(F)(F)C1. The fourth-order valence-corrected chi connectivity index (χ4v) is 3.07. The molecule has 3 rings (SSSR count). The van der Waals surface area contributed by atoms with Crippen LogP contribution in [0.4, 0.5) is 17.6 Å². The molecule has 2 amide bonds. The number of carbonyl (C=O) groups is 2. The van der Waals surface area contributed by atoms with Crippen LogP contribution in [0.2, 0.25) is 0 Å². The number of ether oxygens (including phenoxy) is 2. The highest BCUT2D eigenvalue weighted by Crippen LogP contribution is 2.22. The maximum Gasteiger partial charge on any atom is 0.288 e. The van der Waals surface area contributed by atoms with Crippen molar-refractivity contribution < 1.29 is 36.6 Å². The third kappa shape index (κ3) is 4.99. The van der Waals surface area contributed by atoms with Crippen LogP contribution in [-0.2, 0) is 9.47 Å². The van der Waals surface area contributed by atoms with E-state index in [0.29, 0.717) is 0 Å². The smallest absolute Gasteiger partial charge is 0.288 e. The molecule has 0 aromatic heterocycles. The van der Waals surface area contributed by atoms with E-state index in [0.717, 1.165) is 9.80 Å². The van der Waals surface area contributed by atoms with Gasteiger partial charge in [-0.05, 0) is 24.3 Å². The van der Waals surface area contributed by atoms with Gasteiger partial charge in [0.15, 0.2) is 0 Å². The molecule has 2 heterocycles. The Kier molecular flexibility index (Phi) is 5.90. The van der Waals surface area contributed by atoms with Crippen molar-refractivity contribution in [2.75, 3.05) is 52.6 Å². The second-order valence-electron chi connectivity index (χ2n) is 6.85. The van der Waals surface area contributed by atoms with Crippen molar-refractivity contribution in [3.05, 3.63) is 35.4 Å². The van der Waals surface area contributed by atoms with E-state index in [4.69, 9.17) is 9.47 Å². The highest BCUT2D eigenvalue weighted by Gasteiger charge is 2.37. The molecule has 0 saturated carbocycles. The Morgan fingerprint density at radius 2 is 1.11 bits per heavy atom. The van der Waals surface area contributed by atoms with E-state index in [1.54, 1.807) is 0 Å². The maximum absolute atomic E-state index is 13.6. The third-order valence-electron chi connectivity index (χ3n) is 4.44. The molecular weight excluding hydrogens is 384 g/mol. The first-order chi connectivity index (χ1) is 13.2. The summed E-state index contributed by atoms with van der Waals surface area (Å²) < 4.78 is 64.1. The van der Waals surface area contributed by atoms with Gasteiger partial charge in [0.1, 0.15) is 13.2 Å². The van der Waals surface area contributed by atoms with Gasteiger partial charge in [0, 0.05) is 24.2 Å². The maximum atomic E-state index is 13.6. The van der Waals surface area contributed by atoms with Crippen LogP contribution in [0.25, 0.3) is 0 Å². The Morgan fingerprint density at radius 3 is 1.46 bits per heavy atom. The van der Waals surface area contributed by atoms with Crippen LogP contribution in [0.1, 0.15) is 20.7 Å². The number of alkyl halides is 4. The van der Waals surface area contributed by atoms with Crippen molar-refractivity contribution in [1.82, 2.24) is 9.80 Å². The summed E-state index contributed by atoms with van der Waals surface area (Å²) in [6.45, 7) is -2.93. The van der Waals surface area contributed by atoms with E-state index in [1.165, 1.54) is 24.3 Å². The van der Waals surface area contributed by atoms with Crippen LogP contribution < -0.4 is 0 Å². The molecule has 0 aliphatic carbocycles. The van der Waals surface area contributed by atoms with Gasteiger partial charge in [-0.25, -0.2) is 17.6 Å². The Morgan fingerprint density at radius 1 is 0.750 bits per heavy atom. The fraction of sp³-hybridized carbons (Fsp3) is 0.556. The standard InChI is InChI=1S/C18H20F4N2O4/c19-17(20)9-23(5-7-27-11-17)15(25)13-1-2-14(4-3-13)16(26)24-6-8-28-12-18(21,22)10-24/h1-4H,5-12H2. The molecule has 0 N–H and O–H groups in total. The number of halogens is 4. The fourth-order valence-electron chi connectivity index (χ4n) is 3.07. The van der Waals surface area contributed by atoms with Gasteiger partial charge in [0.2, 0.25) is 0 Å². The molecule has 10 heteroatoms. The molecule has 0 spiro atoms. The lowest BCUT2D eigenvalue weighted by molar-refractivity contribution is -0.0662. The van der Waals surface area contributed by atoms with Gasteiger partial charge in [-0.2, -0.15) is 0 Å². The zero-order valence-corrected chi connectivity index (χ0v) is 15.0. The molecule has 1 aromatic rings. The lowest BCUT2D eigenvalue weighted by atomic mass is 10.1.